The molecule has 0 aromatic heterocycles. The van der Waals surface area contributed by atoms with Gasteiger partial charge >= 0.3 is 5.97 Å². The lowest BCUT2D eigenvalue weighted by atomic mass is 10.1. The molecule has 146 valence electrons. The van der Waals surface area contributed by atoms with E-state index in [0.29, 0.717) is 29.2 Å². The molecule has 0 fully saturated rings. The number of nitrogen functional groups attached to an aromatic ring is 1. The van der Waals surface area contributed by atoms with Crippen LogP contribution in [0.4, 0.5) is 5.69 Å². The van der Waals surface area contributed by atoms with E-state index >= 15 is 0 Å². The average Bonchev–Trinajstić information content (AvgIpc) is 2.73. The first-order chi connectivity index (χ1) is 14.0. The Morgan fingerprint density at radius 1 is 0.966 bits per heavy atom. The van der Waals surface area contributed by atoms with Gasteiger partial charge in [0, 0.05) is 11.3 Å². The highest BCUT2D eigenvalue weighted by Gasteiger charge is 2.13. The number of carbonyl (C=O) groups excluding carboxylic acids is 1. The Kier molecular flexibility index (Phi) is 6.27. The highest BCUT2D eigenvalue weighted by molar-refractivity contribution is 6.02. The molecule has 0 heterocycles. The van der Waals surface area contributed by atoms with Crippen LogP contribution in [0.5, 0.6) is 5.75 Å². The Morgan fingerprint density at radius 2 is 1.69 bits per heavy atom. The smallest absolute Gasteiger partial charge is 0.352 e. The number of ether oxygens (including phenoxy) is 1. The fraction of sp³-hybridized carbons (Fsp3) is 0.0435. The molecule has 3 rings (SSSR count). The zero-order valence-electron chi connectivity index (χ0n) is 15.5. The molecule has 0 saturated heterocycles. The first-order valence-corrected chi connectivity index (χ1v) is 8.90. The highest BCUT2D eigenvalue weighted by atomic mass is 16.5. The number of hydrogen-bond donors (Lipinski definition) is 3. The summed E-state index contributed by atoms with van der Waals surface area (Å²) in [4.78, 5) is 23.7. The predicted molar refractivity (Wildman–Crippen MR) is 111 cm³/mol. The second kappa shape index (κ2) is 9.23. The minimum absolute atomic E-state index is 0.215. The van der Waals surface area contributed by atoms with E-state index in [-0.39, 0.29) is 5.70 Å². The summed E-state index contributed by atoms with van der Waals surface area (Å²) in [6, 6.07) is 22.7. The van der Waals surface area contributed by atoms with Crippen molar-refractivity contribution in [2.45, 2.75) is 6.61 Å². The standard InChI is InChI=1S/C23H20N2O4/c24-19-8-4-5-17(13-19)15-29-20-11-9-16(10-12-20)14-21(23(27)28)25-22(26)18-6-2-1-3-7-18/h1-14H,15,24H2,(H,25,26)(H,27,28)/b21-14-. The number of nitrogens with one attached hydrogen (secondary N) is 1. The molecule has 6 heteroatoms. The summed E-state index contributed by atoms with van der Waals surface area (Å²) in [6.07, 6.45) is 1.39. The number of anilines is 1. The number of carboxylic acid groups (broad SMARTS) is 1. The molecule has 0 bridgehead atoms. The van der Waals surface area contributed by atoms with Gasteiger partial charge < -0.3 is 20.9 Å². The van der Waals surface area contributed by atoms with Crippen molar-refractivity contribution in [1.29, 1.82) is 0 Å². The van der Waals surface area contributed by atoms with Crippen LogP contribution < -0.4 is 15.8 Å². The molecule has 0 atom stereocenters. The van der Waals surface area contributed by atoms with Crippen LogP contribution in [-0.4, -0.2) is 17.0 Å². The lowest BCUT2D eigenvalue weighted by Crippen LogP contribution is -2.27. The molecule has 0 radical (unpaired) electrons. The van der Waals surface area contributed by atoms with E-state index in [2.05, 4.69) is 5.32 Å². The Labute approximate surface area is 168 Å². The summed E-state index contributed by atoms with van der Waals surface area (Å²) < 4.78 is 5.71. The summed E-state index contributed by atoms with van der Waals surface area (Å²) in [5.41, 5.74) is 8.15. The van der Waals surface area contributed by atoms with Crippen molar-refractivity contribution in [3.8, 4) is 5.75 Å². The van der Waals surface area contributed by atoms with Gasteiger partial charge in [0.05, 0.1) is 0 Å². The van der Waals surface area contributed by atoms with Gasteiger partial charge in [-0.05, 0) is 53.6 Å². The lowest BCUT2D eigenvalue weighted by Gasteiger charge is -2.08. The van der Waals surface area contributed by atoms with Crippen molar-refractivity contribution in [3.05, 3.63) is 101 Å². The molecule has 0 aliphatic heterocycles. The highest BCUT2D eigenvalue weighted by Crippen LogP contribution is 2.17. The molecule has 1 amide bonds. The van der Waals surface area contributed by atoms with Crippen LogP contribution >= 0.6 is 0 Å². The second-order valence-electron chi connectivity index (χ2n) is 6.29. The predicted octanol–water partition coefficient (Wildman–Crippen LogP) is 3.70. The largest absolute Gasteiger partial charge is 0.489 e. The second-order valence-corrected chi connectivity index (χ2v) is 6.29. The molecule has 4 N–H and O–H groups in total. The summed E-state index contributed by atoms with van der Waals surface area (Å²) in [5, 5.41) is 11.8. The first-order valence-electron chi connectivity index (χ1n) is 8.90. The molecule has 3 aromatic carbocycles. The van der Waals surface area contributed by atoms with E-state index in [9.17, 15) is 14.7 Å². The third-order valence-corrected chi connectivity index (χ3v) is 4.06. The molecule has 0 aliphatic carbocycles. The molecule has 0 unspecified atom stereocenters. The summed E-state index contributed by atoms with van der Waals surface area (Å²) >= 11 is 0. The number of aliphatic carboxylic acids is 1. The Hall–Kier alpha value is -4.06. The molecule has 0 spiro atoms. The van der Waals surface area contributed by atoms with Crippen LogP contribution in [-0.2, 0) is 11.4 Å². The summed E-state index contributed by atoms with van der Waals surface area (Å²) in [6.45, 7) is 0.369. The number of carbonyl (C=O) groups is 2. The van der Waals surface area contributed by atoms with E-state index in [4.69, 9.17) is 10.5 Å². The van der Waals surface area contributed by atoms with Crippen LogP contribution in [0.25, 0.3) is 6.08 Å². The van der Waals surface area contributed by atoms with Gasteiger partial charge in [0.1, 0.15) is 18.1 Å². The monoisotopic (exact) mass is 388 g/mol. The average molecular weight is 388 g/mol. The van der Waals surface area contributed by atoms with Gasteiger partial charge in [0.2, 0.25) is 0 Å². The summed E-state index contributed by atoms with van der Waals surface area (Å²) in [5.74, 6) is -1.08. The number of hydrogen-bond acceptors (Lipinski definition) is 4. The fourth-order valence-corrected chi connectivity index (χ4v) is 2.61. The minimum atomic E-state index is -1.23. The topological polar surface area (TPSA) is 102 Å². The molecular weight excluding hydrogens is 368 g/mol. The van der Waals surface area contributed by atoms with E-state index < -0.39 is 11.9 Å². The van der Waals surface area contributed by atoms with Gasteiger partial charge in [-0.1, -0.05) is 42.5 Å². The van der Waals surface area contributed by atoms with Gasteiger partial charge in [0.25, 0.3) is 5.91 Å². The van der Waals surface area contributed by atoms with Gasteiger partial charge in [-0.3, -0.25) is 4.79 Å². The van der Waals surface area contributed by atoms with Crippen molar-refractivity contribution < 1.29 is 19.4 Å². The number of carboxylic acids is 1. The maximum Gasteiger partial charge on any atom is 0.352 e. The van der Waals surface area contributed by atoms with Gasteiger partial charge in [-0.2, -0.15) is 0 Å². The Bertz CT molecular complexity index is 1030. The zero-order valence-corrected chi connectivity index (χ0v) is 15.5. The fourth-order valence-electron chi connectivity index (χ4n) is 2.61. The summed E-state index contributed by atoms with van der Waals surface area (Å²) in [7, 11) is 0. The first kappa shape index (κ1) is 19.7. The normalized spacial score (nSPS) is 11.0. The van der Waals surface area contributed by atoms with Crippen molar-refractivity contribution in [3.63, 3.8) is 0 Å². The van der Waals surface area contributed by atoms with Gasteiger partial charge in [-0.15, -0.1) is 0 Å². The van der Waals surface area contributed by atoms with Crippen molar-refractivity contribution >= 4 is 23.6 Å². The molecule has 29 heavy (non-hydrogen) atoms. The molecule has 6 nitrogen and oxygen atoms in total. The lowest BCUT2D eigenvalue weighted by molar-refractivity contribution is -0.132. The number of amides is 1. The maximum absolute atomic E-state index is 12.2. The minimum Gasteiger partial charge on any atom is -0.489 e. The third-order valence-electron chi connectivity index (χ3n) is 4.06. The molecule has 0 saturated carbocycles. The van der Waals surface area contributed by atoms with Crippen molar-refractivity contribution in [2.75, 3.05) is 5.73 Å². The number of benzene rings is 3. The van der Waals surface area contributed by atoms with Crippen molar-refractivity contribution in [1.82, 2.24) is 5.32 Å². The Balaban J connectivity index is 1.67. The number of nitrogens with two attached hydrogens (primary N) is 1. The van der Waals surface area contributed by atoms with Gasteiger partial charge in [0.15, 0.2) is 0 Å². The molecule has 0 aliphatic rings. The van der Waals surface area contributed by atoms with Crippen LogP contribution in [0.15, 0.2) is 84.6 Å². The zero-order chi connectivity index (χ0) is 20.6. The van der Waals surface area contributed by atoms with Crippen LogP contribution in [0, 0.1) is 0 Å². The quantitative estimate of drug-likeness (QED) is 0.423. The van der Waals surface area contributed by atoms with E-state index in [1.807, 2.05) is 18.2 Å². The SMILES string of the molecule is Nc1cccc(COc2ccc(/C=C(\NC(=O)c3ccccc3)C(=O)O)cc2)c1. The molecule has 3 aromatic rings. The van der Waals surface area contributed by atoms with E-state index in [0.717, 1.165) is 5.56 Å². The Morgan fingerprint density at radius 3 is 2.34 bits per heavy atom. The molecular formula is C23H20N2O4. The third kappa shape index (κ3) is 5.71. The number of rotatable bonds is 7. The van der Waals surface area contributed by atoms with Gasteiger partial charge in [-0.25, -0.2) is 4.79 Å². The van der Waals surface area contributed by atoms with Crippen molar-refractivity contribution in [2.24, 2.45) is 0 Å². The van der Waals surface area contributed by atoms with E-state index in [1.54, 1.807) is 60.7 Å². The van der Waals surface area contributed by atoms with E-state index in [1.165, 1.54) is 6.08 Å². The van der Waals surface area contributed by atoms with Crippen LogP contribution in [0.3, 0.4) is 0 Å². The van der Waals surface area contributed by atoms with Crippen LogP contribution in [0.2, 0.25) is 0 Å². The maximum atomic E-state index is 12.2. The van der Waals surface area contributed by atoms with Crippen LogP contribution in [0.1, 0.15) is 21.5 Å².